The molecule has 2 atom stereocenters. The molecular formula is C12H21N3O. The number of nitrogens with one attached hydrogen (secondary N) is 2. The molecule has 1 aliphatic heterocycles. The Labute approximate surface area is 97.0 Å². The predicted octanol–water partition coefficient (Wildman–Crippen LogP) is 0.996. The standard InChI is InChI=1S/C12H21N3O/c1-15(2)12(11-4-3-5-14-11)8-10-9-13-6-7-16-10/h3-5,10,12-14H,6-9H2,1-2H3. The lowest BCUT2D eigenvalue weighted by Gasteiger charge is -2.30. The average Bonchev–Trinajstić information content (AvgIpc) is 2.80. The van der Waals surface area contributed by atoms with E-state index in [1.54, 1.807) is 0 Å². The summed E-state index contributed by atoms with van der Waals surface area (Å²) in [6.45, 7) is 2.77. The summed E-state index contributed by atoms with van der Waals surface area (Å²) in [7, 11) is 4.23. The summed E-state index contributed by atoms with van der Waals surface area (Å²) in [6.07, 6.45) is 3.33. The predicted molar refractivity (Wildman–Crippen MR) is 64.4 cm³/mol. The van der Waals surface area contributed by atoms with Crippen molar-refractivity contribution in [2.75, 3.05) is 33.8 Å². The average molecular weight is 223 g/mol. The largest absolute Gasteiger partial charge is 0.376 e. The van der Waals surface area contributed by atoms with Gasteiger partial charge in [0.15, 0.2) is 0 Å². The highest BCUT2D eigenvalue weighted by Crippen LogP contribution is 2.23. The first-order valence-corrected chi connectivity index (χ1v) is 5.89. The van der Waals surface area contributed by atoms with Gasteiger partial charge in [0.05, 0.1) is 18.8 Å². The van der Waals surface area contributed by atoms with Gasteiger partial charge in [-0.1, -0.05) is 0 Å². The van der Waals surface area contributed by atoms with Gasteiger partial charge in [0.1, 0.15) is 0 Å². The number of rotatable bonds is 4. The Kier molecular flexibility index (Phi) is 3.98. The molecule has 4 heteroatoms. The molecule has 2 N–H and O–H groups in total. The third-order valence-electron chi connectivity index (χ3n) is 3.09. The number of hydrogen-bond donors (Lipinski definition) is 2. The summed E-state index contributed by atoms with van der Waals surface area (Å²) in [5.41, 5.74) is 1.26. The van der Waals surface area contributed by atoms with E-state index >= 15 is 0 Å². The molecule has 2 rings (SSSR count). The van der Waals surface area contributed by atoms with Crippen LogP contribution in [0.4, 0.5) is 0 Å². The van der Waals surface area contributed by atoms with Gasteiger partial charge in [-0.2, -0.15) is 0 Å². The number of nitrogens with zero attached hydrogens (tertiary/aromatic N) is 1. The number of aromatic amines is 1. The first-order valence-electron chi connectivity index (χ1n) is 5.89. The van der Waals surface area contributed by atoms with Crippen LogP contribution in [0.2, 0.25) is 0 Å². The summed E-state index contributed by atoms with van der Waals surface area (Å²) in [6, 6.07) is 4.59. The van der Waals surface area contributed by atoms with E-state index in [2.05, 4.69) is 35.4 Å². The monoisotopic (exact) mass is 223 g/mol. The van der Waals surface area contributed by atoms with Gasteiger partial charge in [-0.3, -0.25) is 0 Å². The molecule has 4 nitrogen and oxygen atoms in total. The normalized spacial score (nSPS) is 23.6. The number of aromatic nitrogens is 1. The van der Waals surface area contributed by atoms with Crippen molar-refractivity contribution in [3.05, 3.63) is 24.0 Å². The van der Waals surface area contributed by atoms with Gasteiger partial charge in [-0.15, -0.1) is 0 Å². The van der Waals surface area contributed by atoms with E-state index in [0.717, 1.165) is 26.1 Å². The number of morpholine rings is 1. The van der Waals surface area contributed by atoms with Crippen LogP contribution in [-0.4, -0.2) is 49.8 Å². The minimum Gasteiger partial charge on any atom is -0.376 e. The molecule has 0 radical (unpaired) electrons. The van der Waals surface area contributed by atoms with Crippen LogP contribution in [0.15, 0.2) is 18.3 Å². The molecule has 0 saturated carbocycles. The van der Waals surface area contributed by atoms with Crippen molar-refractivity contribution in [2.45, 2.75) is 18.6 Å². The highest BCUT2D eigenvalue weighted by Gasteiger charge is 2.22. The Morgan fingerprint density at radius 2 is 2.44 bits per heavy atom. The van der Waals surface area contributed by atoms with E-state index in [0.29, 0.717) is 12.1 Å². The maximum Gasteiger partial charge on any atom is 0.0718 e. The van der Waals surface area contributed by atoms with Gasteiger partial charge in [-0.05, 0) is 32.6 Å². The molecule has 0 bridgehead atoms. The van der Waals surface area contributed by atoms with E-state index in [-0.39, 0.29) is 0 Å². The lowest BCUT2D eigenvalue weighted by atomic mass is 10.0. The van der Waals surface area contributed by atoms with Gasteiger partial charge < -0.3 is 19.9 Å². The zero-order valence-electron chi connectivity index (χ0n) is 10.1. The molecular weight excluding hydrogens is 202 g/mol. The Balaban J connectivity index is 1.97. The molecule has 1 aromatic rings. The maximum absolute atomic E-state index is 5.75. The molecule has 1 aliphatic rings. The zero-order chi connectivity index (χ0) is 11.4. The second-order valence-electron chi connectivity index (χ2n) is 4.54. The Bertz CT molecular complexity index is 291. The molecule has 0 spiro atoms. The Morgan fingerprint density at radius 1 is 1.56 bits per heavy atom. The molecule has 1 saturated heterocycles. The summed E-state index contributed by atoms with van der Waals surface area (Å²) >= 11 is 0. The SMILES string of the molecule is CN(C)C(CC1CNCCO1)c1ccc[nH]1. The molecule has 90 valence electrons. The van der Waals surface area contributed by atoms with Crippen molar-refractivity contribution in [2.24, 2.45) is 0 Å². The summed E-state index contributed by atoms with van der Waals surface area (Å²) in [4.78, 5) is 5.53. The van der Waals surface area contributed by atoms with Crippen LogP contribution in [0.25, 0.3) is 0 Å². The van der Waals surface area contributed by atoms with Crippen LogP contribution in [0, 0.1) is 0 Å². The lowest BCUT2D eigenvalue weighted by Crippen LogP contribution is -2.40. The molecule has 1 aromatic heterocycles. The fourth-order valence-electron chi connectivity index (χ4n) is 2.19. The van der Waals surface area contributed by atoms with E-state index < -0.39 is 0 Å². The van der Waals surface area contributed by atoms with Gasteiger partial charge in [0.25, 0.3) is 0 Å². The quantitative estimate of drug-likeness (QED) is 0.800. The molecule has 2 unspecified atom stereocenters. The highest BCUT2D eigenvalue weighted by molar-refractivity contribution is 5.09. The van der Waals surface area contributed by atoms with Gasteiger partial charge >= 0.3 is 0 Å². The van der Waals surface area contributed by atoms with Crippen LogP contribution < -0.4 is 5.32 Å². The number of H-pyrrole nitrogens is 1. The summed E-state index contributed by atoms with van der Waals surface area (Å²) in [5.74, 6) is 0. The Morgan fingerprint density at radius 3 is 3.00 bits per heavy atom. The van der Waals surface area contributed by atoms with Crippen molar-refractivity contribution in [1.82, 2.24) is 15.2 Å². The fraction of sp³-hybridized carbons (Fsp3) is 0.667. The second kappa shape index (κ2) is 5.48. The highest BCUT2D eigenvalue weighted by atomic mass is 16.5. The van der Waals surface area contributed by atoms with Crippen molar-refractivity contribution in [3.63, 3.8) is 0 Å². The molecule has 0 aliphatic carbocycles. The van der Waals surface area contributed by atoms with E-state index in [1.165, 1.54) is 5.69 Å². The van der Waals surface area contributed by atoms with Crippen LogP contribution in [0.3, 0.4) is 0 Å². The van der Waals surface area contributed by atoms with Crippen LogP contribution in [0.1, 0.15) is 18.2 Å². The first-order chi connectivity index (χ1) is 7.77. The van der Waals surface area contributed by atoms with E-state index in [1.807, 2.05) is 12.3 Å². The van der Waals surface area contributed by atoms with Crippen LogP contribution in [0.5, 0.6) is 0 Å². The third kappa shape index (κ3) is 2.84. The van der Waals surface area contributed by atoms with Crippen LogP contribution in [-0.2, 0) is 4.74 Å². The van der Waals surface area contributed by atoms with Gasteiger partial charge in [0, 0.05) is 25.0 Å². The van der Waals surface area contributed by atoms with Gasteiger partial charge in [0.2, 0.25) is 0 Å². The summed E-state index contributed by atoms with van der Waals surface area (Å²) in [5, 5.41) is 3.37. The first kappa shape index (κ1) is 11.6. The van der Waals surface area contributed by atoms with Gasteiger partial charge in [-0.25, -0.2) is 0 Å². The molecule has 0 aromatic carbocycles. The molecule has 16 heavy (non-hydrogen) atoms. The maximum atomic E-state index is 5.75. The van der Waals surface area contributed by atoms with Crippen molar-refractivity contribution in [3.8, 4) is 0 Å². The Hall–Kier alpha value is -0.840. The van der Waals surface area contributed by atoms with Crippen molar-refractivity contribution < 1.29 is 4.74 Å². The smallest absolute Gasteiger partial charge is 0.0718 e. The topological polar surface area (TPSA) is 40.3 Å². The van der Waals surface area contributed by atoms with E-state index in [4.69, 9.17) is 4.74 Å². The minimum absolute atomic E-state index is 0.324. The van der Waals surface area contributed by atoms with E-state index in [9.17, 15) is 0 Å². The second-order valence-corrected chi connectivity index (χ2v) is 4.54. The fourth-order valence-corrected chi connectivity index (χ4v) is 2.19. The summed E-state index contributed by atoms with van der Waals surface area (Å²) < 4.78 is 5.75. The van der Waals surface area contributed by atoms with Crippen molar-refractivity contribution >= 4 is 0 Å². The third-order valence-corrected chi connectivity index (χ3v) is 3.09. The molecule has 2 heterocycles. The number of hydrogen-bond acceptors (Lipinski definition) is 3. The lowest BCUT2D eigenvalue weighted by molar-refractivity contribution is 0.00854. The number of ether oxygens (including phenoxy) is 1. The zero-order valence-corrected chi connectivity index (χ0v) is 10.1. The minimum atomic E-state index is 0.324. The molecule has 0 amide bonds. The van der Waals surface area contributed by atoms with Crippen molar-refractivity contribution in [1.29, 1.82) is 0 Å². The van der Waals surface area contributed by atoms with Crippen LogP contribution >= 0.6 is 0 Å². The molecule has 1 fully saturated rings.